The molecule has 0 radical (unpaired) electrons. The molecule has 0 aliphatic heterocycles. The molecule has 0 aromatic rings. The molecule has 2 heteroatoms. The van der Waals surface area contributed by atoms with E-state index >= 15 is 0 Å². The standard InChI is InChI=1S/C9H14O2/c1-5(2)6-7(8(10)11)9(6,3)4/h6-7H,1H2,2-4H3,(H,10,11). The number of hydrogen-bond acceptors (Lipinski definition) is 1. The van der Waals surface area contributed by atoms with Crippen LogP contribution >= 0.6 is 0 Å². The van der Waals surface area contributed by atoms with E-state index in [2.05, 4.69) is 6.58 Å². The quantitative estimate of drug-likeness (QED) is 0.617. The van der Waals surface area contributed by atoms with E-state index in [0.29, 0.717) is 0 Å². The molecule has 1 N–H and O–H groups in total. The Morgan fingerprint density at radius 1 is 1.45 bits per heavy atom. The van der Waals surface area contributed by atoms with Crippen LogP contribution in [0.4, 0.5) is 0 Å². The predicted molar refractivity (Wildman–Crippen MR) is 43.2 cm³/mol. The molecule has 2 nitrogen and oxygen atoms in total. The minimum Gasteiger partial charge on any atom is -0.481 e. The Morgan fingerprint density at radius 2 is 1.91 bits per heavy atom. The molecule has 0 amide bonds. The molecule has 2 unspecified atom stereocenters. The van der Waals surface area contributed by atoms with Crippen molar-refractivity contribution in [3.8, 4) is 0 Å². The normalized spacial score (nSPS) is 33.0. The summed E-state index contributed by atoms with van der Waals surface area (Å²) in [6.07, 6.45) is 0. The lowest BCUT2D eigenvalue weighted by atomic mass is 10.1. The van der Waals surface area contributed by atoms with Crippen LogP contribution in [-0.4, -0.2) is 11.1 Å². The van der Waals surface area contributed by atoms with E-state index in [-0.39, 0.29) is 17.3 Å². The summed E-state index contributed by atoms with van der Waals surface area (Å²) in [5.41, 5.74) is 0.917. The molecule has 1 rings (SSSR count). The van der Waals surface area contributed by atoms with E-state index in [9.17, 15) is 4.79 Å². The zero-order chi connectivity index (χ0) is 8.81. The van der Waals surface area contributed by atoms with Crippen molar-refractivity contribution in [1.82, 2.24) is 0 Å². The fourth-order valence-corrected chi connectivity index (χ4v) is 2.02. The maximum absolute atomic E-state index is 10.7. The van der Waals surface area contributed by atoms with Crippen LogP contribution in [0.2, 0.25) is 0 Å². The van der Waals surface area contributed by atoms with Crippen molar-refractivity contribution in [3.05, 3.63) is 12.2 Å². The second kappa shape index (κ2) is 2.10. The van der Waals surface area contributed by atoms with Gasteiger partial charge in [-0.15, -0.1) is 0 Å². The Balaban J connectivity index is 2.76. The molecule has 0 aromatic carbocycles. The molecule has 1 aliphatic carbocycles. The number of aliphatic carboxylic acids is 1. The van der Waals surface area contributed by atoms with Gasteiger partial charge in [0.2, 0.25) is 0 Å². The van der Waals surface area contributed by atoms with Crippen LogP contribution in [0, 0.1) is 17.3 Å². The first-order chi connectivity index (χ1) is 4.89. The molecule has 0 saturated heterocycles. The first-order valence-corrected chi connectivity index (χ1v) is 3.77. The van der Waals surface area contributed by atoms with E-state index < -0.39 is 5.97 Å². The molecular weight excluding hydrogens is 140 g/mol. The molecule has 62 valence electrons. The van der Waals surface area contributed by atoms with Gasteiger partial charge in [0, 0.05) is 0 Å². The number of carboxylic acid groups (broad SMARTS) is 1. The van der Waals surface area contributed by atoms with E-state index in [4.69, 9.17) is 5.11 Å². The fourth-order valence-electron chi connectivity index (χ4n) is 2.02. The van der Waals surface area contributed by atoms with Gasteiger partial charge in [0.15, 0.2) is 0 Å². The smallest absolute Gasteiger partial charge is 0.307 e. The molecular formula is C9H14O2. The van der Waals surface area contributed by atoms with Gasteiger partial charge in [-0.3, -0.25) is 4.79 Å². The fraction of sp³-hybridized carbons (Fsp3) is 0.667. The average Bonchev–Trinajstić information content (AvgIpc) is 2.33. The Kier molecular flexibility index (Phi) is 1.58. The van der Waals surface area contributed by atoms with Crippen LogP contribution in [-0.2, 0) is 4.79 Å². The van der Waals surface area contributed by atoms with Crippen molar-refractivity contribution in [3.63, 3.8) is 0 Å². The van der Waals surface area contributed by atoms with Gasteiger partial charge in [-0.2, -0.15) is 0 Å². The molecule has 0 bridgehead atoms. The van der Waals surface area contributed by atoms with Crippen LogP contribution in [0.3, 0.4) is 0 Å². The Bertz CT molecular complexity index is 194. The summed E-state index contributed by atoms with van der Waals surface area (Å²) in [6, 6.07) is 0. The Morgan fingerprint density at radius 3 is 2.00 bits per heavy atom. The number of carbonyl (C=O) groups is 1. The summed E-state index contributed by atoms with van der Waals surface area (Å²) in [5.74, 6) is -0.719. The van der Waals surface area contributed by atoms with Gasteiger partial charge in [-0.1, -0.05) is 26.0 Å². The third-order valence-corrected chi connectivity index (χ3v) is 2.62. The highest BCUT2D eigenvalue weighted by Crippen LogP contribution is 2.61. The van der Waals surface area contributed by atoms with Crippen molar-refractivity contribution >= 4 is 5.97 Å². The zero-order valence-electron chi connectivity index (χ0n) is 7.22. The lowest BCUT2D eigenvalue weighted by Gasteiger charge is -1.98. The minimum absolute atomic E-state index is 0.0718. The second-order valence-corrected chi connectivity index (χ2v) is 3.96. The summed E-state index contributed by atoms with van der Waals surface area (Å²) in [4.78, 5) is 10.7. The van der Waals surface area contributed by atoms with Crippen LogP contribution in [0.15, 0.2) is 12.2 Å². The van der Waals surface area contributed by atoms with Gasteiger partial charge < -0.3 is 5.11 Å². The maximum atomic E-state index is 10.7. The predicted octanol–water partition coefficient (Wildman–Crippen LogP) is 1.92. The van der Waals surface area contributed by atoms with E-state index in [1.54, 1.807) is 0 Å². The van der Waals surface area contributed by atoms with Gasteiger partial charge in [0.25, 0.3) is 0 Å². The molecule has 1 saturated carbocycles. The lowest BCUT2D eigenvalue weighted by molar-refractivity contribution is -0.139. The van der Waals surface area contributed by atoms with Gasteiger partial charge in [0.1, 0.15) is 0 Å². The Labute approximate surface area is 66.9 Å². The molecule has 11 heavy (non-hydrogen) atoms. The van der Waals surface area contributed by atoms with E-state index in [0.717, 1.165) is 5.57 Å². The molecule has 1 fully saturated rings. The first kappa shape index (κ1) is 8.31. The van der Waals surface area contributed by atoms with Crippen LogP contribution in [0.1, 0.15) is 20.8 Å². The van der Waals surface area contributed by atoms with Crippen molar-refractivity contribution < 1.29 is 9.90 Å². The summed E-state index contributed by atoms with van der Waals surface area (Å²) in [5, 5.41) is 8.77. The largest absolute Gasteiger partial charge is 0.481 e. The summed E-state index contributed by atoms with van der Waals surface area (Å²) < 4.78 is 0. The molecule has 0 heterocycles. The van der Waals surface area contributed by atoms with Gasteiger partial charge in [-0.05, 0) is 18.3 Å². The minimum atomic E-state index is -0.692. The number of allylic oxidation sites excluding steroid dienone is 1. The highest BCUT2D eigenvalue weighted by molar-refractivity contribution is 5.76. The van der Waals surface area contributed by atoms with Crippen molar-refractivity contribution in [2.45, 2.75) is 20.8 Å². The number of rotatable bonds is 2. The third kappa shape index (κ3) is 1.06. The molecule has 2 atom stereocenters. The van der Waals surface area contributed by atoms with Crippen LogP contribution in [0.5, 0.6) is 0 Å². The zero-order valence-corrected chi connectivity index (χ0v) is 7.22. The van der Waals surface area contributed by atoms with E-state index in [1.807, 2.05) is 20.8 Å². The maximum Gasteiger partial charge on any atom is 0.307 e. The van der Waals surface area contributed by atoms with Crippen LogP contribution < -0.4 is 0 Å². The lowest BCUT2D eigenvalue weighted by Crippen LogP contribution is -2.03. The first-order valence-electron chi connectivity index (χ1n) is 3.77. The van der Waals surface area contributed by atoms with Crippen LogP contribution in [0.25, 0.3) is 0 Å². The molecule has 1 aliphatic rings. The SMILES string of the molecule is C=C(C)C1C(C(=O)O)C1(C)C. The third-order valence-electron chi connectivity index (χ3n) is 2.62. The summed E-state index contributed by atoms with van der Waals surface area (Å²) >= 11 is 0. The molecule has 0 spiro atoms. The highest BCUT2D eigenvalue weighted by Gasteiger charge is 2.62. The van der Waals surface area contributed by atoms with Gasteiger partial charge >= 0.3 is 5.97 Å². The summed E-state index contributed by atoms with van der Waals surface area (Å²) in [6.45, 7) is 9.63. The van der Waals surface area contributed by atoms with Gasteiger partial charge in [-0.25, -0.2) is 0 Å². The average molecular weight is 154 g/mol. The topological polar surface area (TPSA) is 37.3 Å². The summed E-state index contributed by atoms with van der Waals surface area (Å²) in [7, 11) is 0. The monoisotopic (exact) mass is 154 g/mol. The van der Waals surface area contributed by atoms with Gasteiger partial charge in [0.05, 0.1) is 5.92 Å². The van der Waals surface area contributed by atoms with E-state index in [1.165, 1.54) is 0 Å². The highest BCUT2D eigenvalue weighted by atomic mass is 16.4. The second-order valence-electron chi connectivity index (χ2n) is 3.96. The van der Waals surface area contributed by atoms with Crippen molar-refractivity contribution in [2.24, 2.45) is 17.3 Å². The Hall–Kier alpha value is -0.790. The molecule has 0 aromatic heterocycles. The number of carboxylic acids is 1. The van der Waals surface area contributed by atoms with Crippen molar-refractivity contribution in [2.75, 3.05) is 0 Å². The van der Waals surface area contributed by atoms with Crippen molar-refractivity contribution in [1.29, 1.82) is 0 Å². The number of hydrogen-bond donors (Lipinski definition) is 1.